The maximum Gasteiger partial charge on any atom is 0.254 e. The first-order valence-corrected chi connectivity index (χ1v) is 8.72. The van der Waals surface area contributed by atoms with Crippen molar-refractivity contribution in [3.05, 3.63) is 35.4 Å². The maximum atomic E-state index is 13.7. The van der Waals surface area contributed by atoms with E-state index in [4.69, 9.17) is 0 Å². The molecule has 0 bridgehead atoms. The molecule has 2 unspecified atom stereocenters. The number of likely N-dealkylation sites (tertiary alicyclic amines) is 1. The van der Waals surface area contributed by atoms with Crippen LogP contribution in [0, 0.1) is 11.6 Å². The van der Waals surface area contributed by atoms with Gasteiger partial charge in [-0.1, -0.05) is 12.8 Å². The number of nitrogens with one attached hydrogen (secondary N) is 1. The van der Waals surface area contributed by atoms with Crippen LogP contribution in [-0.4, -0.2) is 47.2 Å². The van der Waals surface area contributed by atoms with E-state index < -0.39 is 17.5 Å². The van der Waals surface area contributed by atoms with Gasteiger partial charge in [0.05, 0.1) is 11.7 Å². The Bertz CT molecular complexity index is 588. The zero-order valence-electron chi connectivity index (χ0n) is 13.7. The average molecular weight is 338 g/mol. The summed E-state index contributed by atoms with van der Waals surface area (Å²) in [4.78, 5) is 14.5. The standard InChI is InChI=1S/C18H24F2N2O2/c19-12-5-6-15(20)14(11-12)18(24)21-13-7-9-22(10-8-13)16-3-1-2-4-17(16)23/h5-6,11,13,16-17,23H,1-4,7-10H2,(H,21,24). The molecule has 2 aliphatic rings. The molecular formula is C18H24F2N2O2. The first kappa shape index (κ1) is 17.3. The quantitative estimate of drug-likeness (QED) is 0.890. The third-order valence-corrected chi connectivity index (χ3v) is 5.20. The summed E-state index contributed by atoms with van der Waals surface area (Å²) in [5, 5.41) is 13.0. The summed E-state index contributed by atoms with van der Waals surface area (Å²) < 4.78 is 26.9. The van der Waals surface area contributed by atoms with E-state index >= 15 is 0 Å². The van der Waals surface area contributed by atoms with Gasteiger partial charge < -0.3 is 10.4 Å². The molecule has 6 heteroatoms. The Kier molecular flexibility index (Phi) is 5.46. The zero-order valence-corrected chi connectivity index (χ0v) is 13.7. The number of hydrogen-bond donors (Lipinski definition) is 2. The van der Waals surface area contributed by atoms with Crippen molar-refractivity contribution in [1.29, 1.82) is 0 Å². The van der Waals surface area contributed by atoms with Crippen LogP contribution in [-0.2, 0) is 0 Å². The van der Waals surface area contributed by atoms with Gasteiger partial charge in [-0.3, -0.25) is 9.69 Å². The van der Waals surface area contributed by atoms with Gasteiger partial charge in [0.25, 0.3) is 5.91 Å². The van der Waals surface area contributed by atoms with Crippen LogP contribution in [0.5, 0.6) is 0 Å². The van der Waals surface area contributed by atoms with Crippen molar-refractivity contribution < 1.29 is 18.7 Å². The van der Waals surface area contributed by atoms with Crippen LogP contribution in [0.3, 0.4) is 0 Å². The second kappa shape index (κ2) is 7.57. The number of amides is 1. The molecular weight excluding hydrogens is 314 g/mol. The molecule has 0 aromatic heterocycles. The highest BCUT2D eigenvalue weighted by atomic mass is 19.1. The highest BCUT2D eigenvalue weighted by molar-refractivity contribution is 5.94. The normalized spacial score (nSPS) is 26.3. The summed E-state index contributed by atoms with van der Waals surface area (Å²) in [7, 11) is 0. The van der Waals surface area contributed by atoms with E-state index in [1.165, 1.54) is 0 Å². The zero-order chi connectivity index (χ0) is 17.1. The Morgan fingerprint density at radius 3 is 2.54 bits per heavy atom. The predicted octanol–water partition coefficient (Wildman–Crippen LogP) is 2.46. The van der Waals surface area contributed by atoms with Crippen molar-refractivity contribution in [2.45, 2.75) is 56.7 Å². The van der Waals surface area contributed by atoms with Crippen molar-refractivity contribution >= 4 is 5.91 Å². The lowest BCUT2D eigenvalue weighted by Crippen LogP contribution is -2.52. The number of halogens is 2. The van der Waals surface area contributed by atoms with Crippen molar-refractivity contribution in [3.8, 4) is 0 Å². The molecule has 132 valence electrons. The van der Waals surface area contributed by atoms with Crippen LogP contribution < -0.4 is 5.32 Å². The minimum absolute atomic E-state index is 0.0443. The van der Waals surface area contributed by atoms with E-state index in [-0.39, 0.29) is 23.8 Å². The second-order valence-electron chi connectivity index (χ2n) is 6.83. The minimum Gasteiger partial charge on any atom is -0.391 e. The molecule has 3 rings (SSSR count). The van der Waals surface area contributed by atoms with Gasteiger partial charge in [-0.15, -0.1) is 0 Å². The number of carbonyl (C=O) groups excluding carboxylic acids is 1. The first-order chi connectivity index (χ1) is 11.5. The molecule has 1 aromatic carbocycles. The van der Waals surface area contributed by atoms with Crippen LogP contribution in [0.4, 0.5) is 8.78 Å². The van der Waals surface area contributed by atoms with Gasteiger partial charge in [-0.05, 0) is 43.9 Å². The van der Waals surface area contributed by atoms with E-state index in [1.54, 1.807) is 0 Å². The molecule has 1 aliphatic carbocycles. The van der Waals surface area contributed by atoms with Gasteiger partial charge in [0, 0.05) is 25.2 Å². The molecule has 1 saturated heterocycles. The third kappa shape index (κ3) is 3.92. The number of aliphatic hydroxyl groups is 1. The Balaban J connectivity index is 1.53. The Labute approximate surface area is 140 Å². The van der Waals surface area contributed by atoms with Gasteiger partial charge >= 0.3 is 0 Å². The lowest BCUT2D eigenvalue weighted by Gasteiger charge is -2.41. The van der Waals surface area contributed by atoms with Gasteiger partial charge in [-0.25, -0.2) is 8.78 Å². The molecule has 1 aliphatic heterocycles. The molecule has 4 nitrogen and oxygen atoms in total. The second-order valence-corrected chi connectivity index (χ2v) is 6.83. The molecule has 1 saturated carbocycles. The Morgan fingerprint density at radius 1 is 1.12 bits per heavy atom. The van der Waals surface area contributed by atoms with Crippen LogP contribution in [0.2, 0.25) is 0 Å². The van der Waals surface area contributed by atoms with Crippen molar-refractivity contribution in [2.75, 3.05) is 13.1 Å². The number of piperidine rings is 1. The fraction of sp³-hybridized carbons (Fsp3) is 0.611. The van der Waals surface area contributed by atoms with Crippen LogP contribution >= 0.6 is 0 Å². The number of rotatable bonds is 3. The van der Waals surface area contributed by atoms with Gasteiger partial charge in [0.2, 0.25) is 0 Å². The highest BCUT2D eigenvalue weighted by Crippen LogP contribution is 2.26. The average Bonchev–Trinajstić information content (AvgIpc) is 2.58. The molecule has 2 atom stereocenters. The van der Waals surface area contributed by atoms with Crippen molar-refractivity contribution in [1.82, 2.24) is 10.2 Å². The summed E-state index contributed by atoms with van der Waals surface area (Å²) in [5.41, 5.74) is -0.250. The molecule has 0 spiro atoms. The highest BCUT2D eigenvalue weighted by Gasteiger charge is 2.32. The fourth-order valence-corrected chi connectivity index (χ4v) is 3.83. The van der Waals surface area contributed by atoms with Crippen LogP contribution in [0.25, 0.3) is 0 Å². The largest absolute Gasteiger partial charge is 0.391 e. The van der Waals surface area contributed by atoms with E-state index in [9.17, 15) is 18.7 Å². The molecule has 2 N–H and O–H groups in total. The van der Waals surface area contributed by atoms with Gasteiger partial charge in [0.15, 0.2) is 0 Å². The molecule has 1 aromatic rings. The SMILES string of the molecule is O=C(NC1CCN(C2CCCCC2O)CC1)c1cc(F)ccc1F. The maximum absolute atomic E-state index is 13.7. The number of nitrogens with zero attached hydrogens (tertiary/aromatic N) is 1. The van der Waals surface area contributed by atoms with E-state index in [0.29, 0.717) is 0 Å². The molecule has 24 heavy (non-hydrogen) atoms. The first-order valence-electron chi connectivity index (χ1n) is 8.72. The monoisotopic (exact) mass is 338 g/mol. The number of carbonyl (C=O) groups is 1. The topological polar surface area (TPSA) is 52.6 Å². The summed E-state index contributed by atoms with van der Waals surface area (Å²) >= 11 is 0. The lowest BCUT2D eigenvalue weighted by atomic mass is 9.89. The van der Waals surface area contributed by atoms with E-state index in [0.717, 1.165) is 69.8 Å². The number of benzene rings is 1. The van der Waals surface area contributed by atoms with Gasteiger partial charge in [0.1, 0.15) is 11.6 Å². The third-order valence-electron chi connectivity index (χ3n) is 5.20. The van der Waals surface area contributed by atoms with Gasteiger partial charge in [-0.2, -0.15) is 0 Å². The fourth-order valence-electron chi connectivity index (χ4n) is 3.83. The molecule has 1 heterocycles. The number of hydrogen-bond acceptors (Lipinski definition) is 3. The summed E-state index contributed by atoms with van der Waals surface area (Å²) in [6.07, 6.45) is 5.37. The Hall–Kier alpha value is -1.53. The smallest absolute Gasteiger partial charge is 0.254 e. The van der Waals surface area contributed by atoms with E-state index in [2.05, 4.69) is 10.2 Å². The van der Waals surface area contributed by atoms with E-state index in [1.807, 2.05) is 0 Å². The van der Waals surface area contributed by atoms with Crippen LogP contribution in [0.1, 0.15) is 48.9 Å². The van der Waals surface area contributed by atoms with Crippen molar-refractivity contribution in [2.24, 2.45) is 0 Å². The minimum atomic E-state index is -0.711. The number of aliphatic hydroxyl groups excluding tert-OH is 1. The summed E-state index contributed by atoms with van der Waals surface area (Å²) in [5.74, 6) is -1.90. The molecule has 0 radical (unpaired) electrons. The summed E-state index contributed by atoms with van der Waals surface area (Å²) in [6.45, 7) is 1.61. The predicted molar refractivity (Wildman–Crippen MR) is 86.7 cm³/mol. The molecule has 1 amide bonds. The molecule has 2 fully saturated rings. The lowest BCUT2D eigenvalue weighted by molar-refractivity contribution is 0.00726. The van der Waals surface area contributed by atoms with Crippen LogP contribution in [0.15, 0.2) is 18.2 Å². The van der Waals surface area contributed by atoms with Crippen molar-refractivity contribution in [3.63, 3.8) is 0 Å². The summed E-state index contributed by atoms with van der Waals surface area (Å²) in [6, 6.07) is 3.07. The Morgan fingerprint density at radius 2 is 1.83 bits per heavy atom.